The van der Waals surface area contributed by atoms with Gasteiger partial charge in [0.25, 0.3) is 0 Å². The van der Waals surface area contributed by atoms with Crippen LogP contribution in [0.5, 0.6) is 0 Å². The Morgan fingerprint density at radius 3 is 2.61 bits per heavy atom. The molecule has 0 aliphatic carbocycles. The third-order valence-electron chi connectivity index (χ3n) is 4.95. The van der Waals surface area contributed by atoms with Crippen LogP contribution in [-0.2, 0) is 27.6 Å². The zero-order valence-corrected chi connectivity index (χ0v) is 17.9. The van der Waals surface area contributed by atoms with Crippen molar-refractivity contribution >= 4 is 27.5 Å². The van der Waals surface area contributed by atoms with E-state index in [1.54, 1.807) is 4.90 Å². The zero-order valence-electron chi connectivity index (χ0n) is 16.2. The molecule has 2 aromatic rings. The van der Waals surface area contributed by atoms with Crippen molar-refractivity contribution in [2.24, 2.45) is 0 Å². The van der Waals surface area contributed by atoms with Crippen molar-refractivity contribution in [2.75, 3.05) is 23.8 Å². The molecule has 0 spiro atoms. The van der Waals surface area contributed by atoms with Crippen LogP contribution in [0.4, 0.5) is 0 Å². The summed E-state index contributed by atoms with van der Waals surface area (Å²) in [5.41, 5.74) is 1.16. The van der Waals surface area contributed by atoms with Gasteiger partial charge in [-0.25, -0.2) is 8.42 Å². The number of hydrogen-bond donors (Lipinski definition) is 0. The first-order valence-electron chi connectivity index (χ1n) is 9.52. The van der Waals surface area contributed by atoms with Gasteiger partial charge < -0.3 is 9.47 Å². The monoisotopic (exact) mass is 422 g/mol. The Morgan fingerprint density at radius 2 is 2.00 bits per heavy atom. The minimum atomic E-state index is -3.02. The van der Waals surface area contributed by atoms with Crippen molar-refractivity contribution < 1.29 is 13.2 Å². The average Bonchev–Trinajstić information content (AvgIpc) is 3.23. The van der Waals surface area contributed by atoms with Gasteiger partial charge in [0.1, 0.15) is 5.82 Å². The number of aromatic nitrogens is 3. The van der Waals surface area contributed by atoms with Crippen molar-refractivity contribution in [3.8, 4) is 0 Å². The number of amides is 1. The fraction of sp³-hybridized carbons (Fsp3) is 0.526. The Hall–Kier alpha value is -1.87. The molecule has 1 aliphatic rings. The first-order chi connectivity index (χ1) is 13.4. The van der Waals surface area contributed by atoms with Crippen molar-refractivity contribution in [2.45, 2.75) is 44.4 Å². The summed E-state index contributed by atoms with van der Waals surface area (Å²) in [5.74, 6) is 1.29. The molecule has 1 unspecified atom stereocenters. The first kappa shape index (κ1) is 20.9. The highest BCUT2D eigenvalue weighted by atomic mass is 32.2. The van der Waals surface area contributed by atoms with E-state index in [0.717, 1.165) is 23.1 Å². The molecule has 9 heteroatoms. The summed E-state index contributed by atoms with van der Waals surface area (Å²) >= 11 is 1.36. The lowest BCUT2D eigenvalue weighted by Gasteiger charge is -2.26. The van der Waals surface area contributed by atoms with Crippen LogP contribution in [0.2, 0.25) is 0 Å². The lowest BCUT2D eigenvalue weighted by molar-refractivity contribution is -0.129. The van der Waals surface area contributed by atoms with Crippen LogP contribution in [0, 0.1) is 0 Å². The second-order valence-electron chi connectivity index (χ2n) is 6.83. The van der Waals surface area contributed by atoms with E-state index < -0.39 is 9.84 Å². The number of benzene rings is 1. The number of sulfone groups is 1. The van der Waals surface area contributed by atoms with Gasteiger partial charge in [0.15, 0.2) is 15.0 Å². The number of carbonyl (C=O) groups excluding carboxylic acids is 1. The maximum atomic E-state index is 12.7. The molecule has 0 N–H and O–H groups in total. The number of hydrogen-bond acceptors (Lipinski definition) is 6. The SMILES string of the molecule is CCN(C(=O)CSc1nnc(Cc2ccccc2)n1CC)C1CCS(=O)(=O)C1. The second-order valence-corrected chi connectivity index (χ2v) is 10.0. The van der Waals surface area contributed by atoms with Gasteiger partial charge in [-0.1, -0.05) is 42.1 Å². The third-order valence-corrected chi connectivity index (χ3v) is 7.65. The van der Waals surface area contributed by atoms with Crippen LogP contribution in [0.25, 0.3) is 0 Å². The molecule has 1 amide bonds. The van der Waals surface area contributed by atoms with Gasteiger partial charge in [0, 0.05) is 25.6 Å². The molecule has 1 fully saturated rings. The van der Waals surface area contributed by atoms with Crippen molar-refractivity contribution in [1.29, 1.82) is 0 Å². The second kappa shape index (κ2) is 9.09. The molecule has 0 saturated carbocycles. The number of rotatable bonds is 8. The van der Waals surface area contributed by atoms with E-state index in [4.69, 9.17) is 0 Å². The molecule has 7 nitrogen and oxygen atoms in total. The topological polar surface area (TPSA) is 85.2 Å². The first-order valence-corrected chi connectivity index (χ1v) is 12.3. The maximum absolute atomic E-state index is 12.7. The Balaban J connectivity index is 1.64. The molecule has 0 bridgehead atoms. The molecular weight excluding hydrogens is 396 g/mol. The van der Waals surface area contributed by atoms with E-state index in [9.17, 15) is 13.2 Å². The van der Waals surface area contributed by atoms with Crippen LogP contribution in [-0.4, -0.2) is 63.8 Å². The molecule has 152 valence electrons. The highest BCUT2D eigenvalue weighted by molar-refractivity contribution is 7.99. The van der Waals surface area contributed by atoms with Gasteiger partial charge in [-0.15, -0.1) is 10.2 Å². The normalized spacial score (nSPS) is 18.3. The van der Waals surface area contributed by atoms with Crippen molar-refractivity contribution in [3.05, 3.63) is 41.7 Å². The van der Waals surface area contributed by atoms with Crippen LogP contribution in [0.3, 0.4) is 0 Å². The van der Waals surface area contributed by atoms with E-state index in [2.05, 4.69) is 22.3 Å². The van der Waals surface area contributed by atoms with Gasteiger partial charge in [-0.05, 0) is 25.8 Å². The summed E-state index contributed by atoms with van der Waals surface area (Å²) in [6.07, 6.45) is 1.22. The minimum absolute atomic E-state index is 0.0511. The molecule has 1 atom stereocenters. The predicted octanol–water partition coefficient (Wildman–Crippen LogP) is 2.02. The van der Waals surface area contributed by atoms with E-state index in [1.807, 2.05) is 36.6 Å². The number of nitrogens with zero attached hydrogens (tertiary/aromatic N) is 4. The fourth-order valence-corrected chi connectivity index (χ4v) is 6.16. The Labute approximate surface area is 170 Å². The van der Waals surface area contributed by atoms with Gasteiger partial charge in [-0.2, -0.15) is 0 Å². The largest absolute Gasteiger partial charge is 0.338 e. The standard InChI is InChI=1S/C19H26N4O3S2/c1-3-22(16-10-11-28(25,26)14-16)18(24)13-27-19-21-20-17(23(19)4-2)12-15-8-6-5-7-9-15/h5-9,16H,3-4,10-14H2,1-2H3. The minimum Gasteiger partial charge on any atom is -0.338 e. The van der Waals surface area contributed by atoms with E-state index in [0.29, 0.717) is 19.4 Å². The lowest BCUT2D eigenvalue weighted by atomic mass is 10.1. The number of thioether (sulfide) groups is 1. The third kappa shape index (κ3) is 4.94. The van der Waals surface area contributed by atoms with E-state index in [-0.39, 0.29) is 29.2 Å². The quantitative estimate of drug-likeness (QED) is 0.605. The van der Waals surface area contributed by atoms with Crippen LogP contribution in [0.1, 0.15) is 31.7 Å². The maximum Gasteiger partial charge on any atom is 0.233 e. The zero-order chi connectivity index (χ0) is 20.1. The summed E-state index contributed by atoms with van der Waals surface area (Å²) in [6, 6.07) is 9.88. The fourth-order valence-electron chi connectivity index (χ4n) is 3.52. The smallest absolute Gasteiger partial charge is 0.233 e. The van der Waals surface area contributed by atoms with Crippen molar-refractivity contribution in [3.63, 3.8) is 0 Å². The highest BCUT2D eigenvalue weighted by Gasteiger charge is 2.33. The van der Waals surface area contributed by atoms with Crippen LogP contribution >= 0.6 is 11.8 Å². The predicted molar refractivity (Wildman–Crippen MR) is 110 cm³/mol. The molecule has 1 aromatic carbocycles. The molecule has 2 heterocycles. The highest BCUT2D eigenvalue weighted by Crippen LogP contribution is 2.22. The summed E-state index contributed by atoms with van der Waals surface area (Å²) in [5, 5.41) is 9.30. The Kier molecular flexibility index (Phi) is 6.77. The molecule has 1 aliphatic heterocycles. The van der Waals surface area contributed by atoms with Gasteiger partial charge in [-0.3, -0.25) is 4.79 Å². The van der Waals surface area contributed by atoms with Gasteiger partial charge >= 0.3 is 0 Å². The van der Waals surface area contributed by atoms with Crippen LogP contribution < -0.4 is 0 Å². The van der Waals surface area contributed by atoms with Gasteiger partial charge in [0.05, 0.1) is 17.3 Å². The van der Waals surface area contributed by atoms with Crippen LogP contribution in [0.15, 0.2) is 35.5 Å². The molecule has 28 heavy (non-hydrogen) atoms. The molecular formula is C19H26N4O3S2. The van der Waals surface area contributed by atoms with E-state index >= 15 is 0 Å². The molecule has 1 aromatic heterocycles. The van der Waals surface area contributed by atoms with Crippen molar-refractivity contribution in [1.82, 2.24) is 19.7 Å². The Bertz CT molecular complexity index is 913. The summed E-state index contributed by atoms with van der Waals surface area (Å²) in [6.45, 7) is 5.16. The summed E-state index contributed by atoms with van der Waals surface area (Å²) in [7, 11) is -3.02. The number of carbonyl (C=O) groups is 1. The molecule has 0 radical (unpaired) electrons. The van der Waals surface area contributed by atoms with E-state index in [1.165, 1.54) is 11.8 Å². The van der Waals surface area contributed by atoms with Gasteiger partial charge in [0.2, 0.25) is 5.91 Å². The molecule has 1 saturated heterocycles. The Morgan fingerprint density at radius 1 is 1.25 bits per heavy atom. The summed E-state index contributed by atoms with van der Waals surface area (Å²) < 4.78 is 25.5. The molecule has 3 rings (SSSR count). The lowest BCUT2D eigenvalue weighted by Crippen LogP contribution is -2.42. The summed E-state index contributed by atoms with van der Waals surface area (Å²) in [4.78, 5) is 14.4. The average molecular weight is 423 g/mol.